The Morgan fingerprint density at radius 2 is 1.71 bits per heavy atom. The minimum absolute atomic E-state index is 0.188. The zero-order valence-corrected chi connectivity index (χ0v) is 19.8. The average Bonchev–Trinajstić information content (AvgIpc) is 3.12. The summed E-state index contributed by atoms with van der Waals surface area (Å²) in [6.45, 7) is 14.7. The SMILES string of the molecule is CC1(C)[C@@H]2C[C@@H](Oc3ccc4occ(CB5OC(C)(C)C(C)(C)O5)c4c3)[C@@](C)(O)[C@H]1C2. The van der Waals surface area contributed by atoms with E-state index in [1.807, 2.05) is 25.1 Å². The number of fused-ring (bicyclic) bond motifs is 3. The van der Waals surface area contributed by atoms with Gasteiger partial charge in [-0.05, 0) is 88.5 Å². The molecule has 168 valence electrons. The molecule has 1 saturated heterocycles. The Balaban J connectivity index is 1.36. The predicted octanol–water partition coefficient (Wildman–Crippen LogP) is 5.17. The van der Waals surface area contributed by atoms with E-state index in [1.165, 1.54) is 0 Å². The van der Waals surface area contributed by atoms with Gasteiger partial charge in [0.2, 0.25) is 0 Å². The fourth-order valence-electron chi connectivity index (χ4n) is 5.98. The largest absolute Gasteiger partial charge is 0.487 e. The molecular weight excluding hydrogens is 391 g/mol. The normalized spacial score (nSPS) is 35.2. The van der Waals surface area contributed by atoms with Crippen LogP contribution in [0.1, 0.15) is 66.9 Å². The van der Waals surface area contributed by atoms with Crippen LogP contribution < -0.4 is 4.74 Å². The van der Waals surface area contributed by atoms with Gasteiger partial charge in [0.25, 0.3) is 0 Å². The smallest absolute Gasteiger partial charge is 0.462 e. The first-order chi connectivity index (χ1) is 14.3. The highest BCUT2D eigenvalue weighted by Gasteiger charge is 2.63. The van der Waals surface area contributed by atoms with Gasteiger partial charge in [-0.1, -0.05) is 13.8 Å². The number of aliphatic hydroxyl groups is 1. The van der Waals surface area contributed by atoms with Gasteiger partial charge in [0.15, 0.2) is 0 Å². The van der Waals surface area contributed by atoms with Crippen molar-refractivity contribution in [3.8, 4) is 5.75 Å². The van der Waals surface area contributed by atoms with Crippen LogP contribution in [0, 0.1) is 17.3 Å². The number of rotatable bonds is 4. The van der Waals surface area contributed by atoms with E-state index in [1.54, 1.807) is 6.26 Å². The van der Waals surface area contributed by atoms with Crippen LogP contribution in [-0.4, -0.2) is 35.1 Å². The molecule has 1 aliphatic heterocycles. The molecule has 0 spiro atoms. The van der Waals surface area contributed by atoms with E-state index >= 15 is 0 Å². The van der Waals surface area contributed by atoms with Crippen LogP contribution in [0.25, 0.3) is 11.0 Å². The van der Waals surface area contributed by atoms with Gasteiger partial charge in [0.1, 0.15) is 23.0 Å². The monoisotopic (exact) mass is 426 g/mol. The molecule has 3 saturated carbocycles. The molecule has 0 radical (unpaired) electrons. The molecule has 4 fully saturated rings. The molecule has 5 nitrogen and oxygen atoms in total. The second-order valence-electron chi connectivity index (χ2n) is 11.7. The van der Waals surface area contributed by atoms with Crippen LogP contribution in [0.4, 0.5) is 0 Å². The minimum Gasteiger partial charge on any atom is -0.487 e. The van der Waals surface area contributed by atoms with Crippen LogP contribution in [0.3, 0.4) is 0 Å². The number of furan rings is 1. The number of hydrogen-bond donors (Lipinski definition) is 1. The van der Waals surface area contributed by atoms with Crippen molar-refractivity contribution in [2.75, 3.05) is 0 Å². The van der Waals surface area contributed by atoms with Crippen LogP contribution in [0.5, 0.6) is 5.75 Å². The van der Waals surface area contributed by atoms with Crippen molar-refractivity contribution in [3.05, 3.63) is 30.0 Å². The van der Waals surface area contributed by atoms with E-state index in [0.717, 1.165) is 35.1 Å². The maximum atomic E-state index is 11.3. The highest BCUT2D eigenvalue weighted by molar-refractivity contribution is 6.45. The lowest BCUT2D eigenvalue weighted by molar-refractivity contribution is -0.238. The minimum atomic E-state index is -0.824. The lowest BCUT2D eigenvalue weighted by atomic mass is 9.43. The average molecular weight is 426 g/mol. The zero-order chi connectivity index (χ0) is 22.4. The van der Waals surface area contributed by atoms with E-state index in [-0.39, 0.29) is 35.8 Å². The van der Waals surface area contributed by atoms with E-state index in [4.69, 9.17) is 18.5 Å². The second kappa shape index (κ2) is 6.52. The molecule has 6 rings (SSSR count). The van der Waals surface area contributed by atoms with Crippen LogP contribution in [0.15, 0.2) is 28.9 Å². The van der Waals surface area contributed by atoms with Gasteiger partial charge in [-0.2, -0.15) is 0 Å². The Kier molecular flexibility index (Phi) is 4.49. The van der Waals surface area contributed by atoms with E-state index in [9.17, 15) is 5.11 Å². The number of benzene rings is 1. The highest BCUT2D eigenvalue weighted by Crippen LogP contribution is 2.63. The Morgan fingerprint density at radius 3 is 2.32 bits per heavy atom. The molecular formula is C25H35BO5. The quantitative estimate of drug-likeness (QED) is 0.684. The summed E-state index contributed by atoms with van der Waals surface area (Å²) in [6.07, 6.45) is 4.19. The fraction of sp³-hybridized carbons (Fsp3) is 0.680. The molecule has 1 aromatic heterocycles. The van der Waals surface area contributed by atoms with Gasteiger partial charge in [0.05, 0.1) is 17.5 Å². The summed E-state index contributed by atoms with van der Waals surface area (Å²) in [5, 5.41) is 12.3. The van der Waals surface area contributed by atoms with Gasteiger partial charge in [-0.25, -0.2) is 0 Å². The zero-order valence-electron chi connectivity index (χ0n) is 19.8. The molecule has 4 aliphatic rings. The van der Waals surface area contributed by atoms with E-state index < -0.39 is 5.60 Å². The Hall–Kier alpha value is -1.50. The number of ether oxygens (including phenoxy) is 1. The first-order valence-electron chi connectivity index (χ1n) is 11.6. The van der Waals surface area contributed by atoms with Crippen LogP contribution in [0.2, 0.25) is 0 Å². The summed E-state index contributed by atoms with van der Waals surface area (Å²) in [5.74, 6) is 1.66. The van der Waals surface area contributed by atoms with Gasteiger partial charge in [-0.3, -0.25) is 0 Å². The summed E-state index contributed by atoms with van der Waals surface area (Å²) < 4.78 is 24.5. The summed E-state index contributed by atoms with van der Waals surface area (Å²) in [7, 11) is -0.316. The van der Waals surface area contributed by atoms with Crippen molar-refractivity contribution in [1.29, 1.82) is 0 Å². The molecule has 2 aromatic rings. The Labute approximate surface area is 185 Å². The highest BCUT2D eigenvalue weighted by atomic mass is 16.7. The molecule has 2 heterocycles. The van der Waals surface area contributed by atoms with Crippen molar-refractivity contribution >= 4 is 18.1 Å². The van der Waals surface area contributed by atoms with Gasteiger partial charge < -0.3 is 23.6 Å². The third-order valence-corrected chi connectivity index (χ3v) is 8.92. The summed E-state index contributed by atoms with van der Waals surface area (Å²) in [4.78, 5) is 0. The molecule has 0 amide bonds. The summed E-state index contributed by atoms with van der Waals surface area (Å²) in [6, 6.07) is 5.91. The molecule has 0 unspecified atom stereocenters. The van der Waals surface area contributed by atoms with Crippen molar-refractivity contribution < 1.29 is 23.6 Å². The molecule has 1 N–H and O–H groups in total. The van der Waals surface area contributed by atoms with Crippen molar-refractivity contribution in [2.24, 2.45) is 17.3 Å². The maximum absolute atomic E-state index is 11.3. The molecule has 4 atom stereocenters. The predicted molar refractivity (Wildman–Crippen MR) is 121 cm³/mol. The third kappa shape index (κ3) is 3.17. The summed E-state index contributed by atoms with van der Waals surface area (Å²) >= 11 is 0. The van der Waals surface area contributed by atoms with Crippen molar-refractivity contribution in [3.63, 3.8) is 0 Å². The molecule has 1 aromatic carbocycles. The van der Waals surface area contributed by atoms with Gasteiger partial charge in [-0.15, -0.1) is 0 Å². The van der Waals surface area contributed by atoms with Gasteiger partial charge in [0, 0.05) is 11.7 Å². The second-order valence-corrected chi connectivity index (χ2v) is 11.7. The summed E-state index contributed by atoms with van der Waals surface area (Å²) in [5.41, 5.74) is 0.513. The van der Waals surface area contributed by atoms with Crippen molar-refractivity contribution in [1.82, 2.24) is 0 Å². The van der Waals surface area contributed by atoms with E-state index in [0.29, 0.717) is 12.2 Å². The molecule has 2 bridgehead atoms. The lowest BCUT2D eigenvalue weighted by Crippen LogP contribution is -2.67. The molecule has 31 heavy (non-hydrogen) atoms. The van der Waals surface area contributed by atoms with Crippen molar-refractivity contribution in [2.45, 2.75) is 90.5 Å². The first-order valence-corrected chi connectivity index (χ1v) is 11.6. The lowest BCUT2D eigenvalue weighted by Gasteiger charge is -2.64. The standard InChI is InChI=1S/C25H35BO5/c1-22(2)16-10-20(22)25(7,27)21(11-16)29-17-8-9-19-18(12-17)15(14-28-19)13-26-30-23(3,4)24(5,6)31-26/h8-9,12,14,16,20-21,27H,10-11,13H2,1-7H3/t16-,20-,21+,25-/m0/s1. The van der Waals surface area contributed by atoms with Gasteiger partial charge >= 0.3 is 7.12 Å². The van der Waals surface area contributed by atoms with Crippen LogP contribution >= 0.6 is 0 Å². The number of hydrogen-bond acceptors (Lipinski definition) is 5. The fourth-order valence-corrected chi connectivity index (χ4v) is 5.98. The third-order valence-electron chi connectivity index (χ3n) is 8.92. The van der Waals surface area contributed by atoms with Crippen LogP contribution in [-0.2, 0) is 15.6 Å². The van der Waals surface area contributed by atoms with E-state index in [2.05, 4.69) is 41.5 Å². The Morgan fingerprint density at radius 1 is 1.03 bits per heavy atom. The molecule has 6 heteroatoms. The molecule has 3 aliphatic carbocycles. The maximum Gasteiger partial charge on any atom is 0.462 e. The Bertz CT molecular complexity index is 989. The topological polar surface area (TPSA) is 61.1 Å². The first kappa shape index (κ1) is 21.4.